The number of aromatic nitrogens is 1. The van der Waals surface area contributed by atoms with Crippen molar-refractivity contribution in [3.8, 4) is 11.6 Å². The molecule has 0 N–H and O–H groups in total. The van der Waals surface area contributed by atoms with Crippen molar-refractivity contribution in [2.24, 2.45) is 0 Å². The largest absolute Gasteiger partial charge is 0.436 e. The van der Waals surface area contributed by atoms with Crippen LogP contribution in [0, 0.1) is 12.7 Å². The van der Waals surface area contributed by atoms with Gasteiger partial charge in [-0.2, -0.15) is 0 Å². The molecule has 0 atom stereocenters. The van der Waals surface area contributed by atoms with Crippen LogP contribution in [0.2, 0.25) is 0 Å². The third kappa shape index (κ3) is 3.24. The zero-order valence-electron chi connectivity index (χ0n) is 10.9. The van der Waals surface area contributed by atoms with Crippen LogP contribution >= 0.6 is 11.6 Å². The van der Waals surface area contributed by atoms with Crippen molar-refractivity contribution in [3.05, 3.63) is 53.0 Å². The summed E-state index contributed by atoms with van der Waals surface area (Å²) in [6.45, 7) is 3.69. The van der Waals surface area contributed by atoms with Crippen LogP contribution in [0.3, 0.4) is 0 Å². The van der Waals surface area contributed by atoms with Crippen LogP contribution in [0.1, 0.15) is 23.7 Å². The number of aryl methyl sites for hydroxylation is 2. The van der Waals surface area contributed by atoms with Crippen LogP contribution in [0.15, 0.2) is 30.3 Å². The number of hydrogen-bond acceptors (Lipinski definition) is 2. The van der Waals surface area contributed by atoms with Crippen molar-refractivity contribution < 1.29 is 9.13 Å². The van der Waals surface area contributed by atoms with Crippen molar-refractivity contribution in [1.29, 1.82) is 0 Å². The summed E-state index contributed by atoms with van der Waals surface area (Å²) < 4.78 is 19.4. The molecule has 0 radical (unpaired) electrons. The van der Waals surface area contributed by atoms with Crippen LogP contribution in [0.5, 0.6) is 11.6 Å². The first-order valence-corrected chi connectivity index (χ1v) is 6.66. The van der Waals surface area contributed by atoms with E-state index in [0.717, 1.165) is 17.7 Å². The third-order valence-electron chi connectivity index (χ3n) is 2.80. The SMILES string of the molecule is CCc1cc(CCl)cc(Oc2cccc(C)c2F)n1. The summed E-state index contributed by atoms with van der Waals surface area (Å²) in [5, 5.41) is 0. The minimum atomic E-state index is -0.362. The summed E-state index contributed by atoms with van der Waals surface area (Å²) in [7, 11) is 0. The Morgan fingerprint density at radius 3 is 2.79 bits per heavy atom. The van der Waals surface area contributed by atoms with E-state index in [9.17, 15) is 4.39 Å². The van der Waals surface area contributed by atoms with Crippen LogP contribution in [0.4, 0.5) is 4.39 Å². The zero-order valence-corrected chi connectivity index (χ0v) is 11.7. The maximum atomic E-state index is 13.9. The molecule has 0 aliphatic rings. The number of pyridine rings is 1. The van der Waals surface area contributed by atoms with Crippen molar-refractivity contribution in [2.45, 2.75) is 26.1 Å². The number of hydrogen-bond donors (Lipinski definition) is 0. The monoisotopic (exact) mass is 279 g/mol. The molecule has 0 saturated carbocycles. The van der Waals surface area contributed by atoms with Gasteiger partial charge in [0.15, 0.2) is 11.6 Å². The minimum absolute atomic E-state index is 0.182. The van der Waals surface area contributed by atoms with Gasteiger partial charge in [-0.3, -0.25) is 0 Å². The molecule has 0 fully saturated rings. The second kappa shape index (κ2) is 6.02. The van der Waals surface area contributed by atoms with Gasteiger partial charge in [-0.05, 0) is 36.6 Å². The smallest absolute Gasteiger partial charge is 0.219 e. The van der Waals surface area contributed by atoms with E-state index in [1.807, 2.05) is 13.0 Å². The molecule has 2 nitrogen and oxygen atoms in total. The summed E-state index contributed by atoms with van der Waals surface area (Å²) in [6, 6.07) is 8.69. The van der Waals surface area contributed by atoms with E-state index in [0.29, 0.717) is 17.3 Å². The number of benzene rings is 1. The lowest BCUT2D eigenvalue weighted by molar-refractivity contribution is 0.424. The number of ether oxygens (including phenoxy) is 1. The van der Waals surface area contributed by atoms with Gasteiger partial charge < -0.3 is 4.74 Å². The topological polar surface area (TPSA) is 22.1 Å². The van der Waals surface area contributed by atoms with Gasteiger partial charge in [0.25, 0.3) is 0 Å². The molecule has 0 aliphatic carbocycles. The molecule has 2 rings (SSSR count). The molecule has 1 aromatic heterocycles. The fourth-order valence-electron chi connectivity index (χ4n) is 1.74. The molecule has 4 heteroatoms. The average molecular weight is 280 g/mol. The lowest BCUT2D eigenvalue weighted by atomic mass is 10.2. The minimum Gasteiger partial charge on any atom is -0.436 e. The molecule has 0 aliphatic heterocycles. The normalized spacial score (nSPS) is 10.5. The highest BCUT2D eigenvalue weighted by molar-refractivity contribution is 6.17. The van der Waals surface area contributed by atoms with Gasteiger partial charge in [0, 0.05) is 17.6 Å². The second-order valence-electron chi connectivity index (χ2n) is 4.28. The van der Waals surface area contributed by atoms with E-state index < -0.39 is 0 Å². The first-order chi connectivity index (χ1) is 9.13. The fourth-order valence-corrected chi connectivity index (χ4v) is 1.90. The Balaban J connectivity index is 2.34. The molecule has 0 spiro atoms. The van der Waals surface area contributed by atoms with Gasteiger partial charge in [0.05, 0.1) is 0 Å². The molecule has 1 heterocycles. The van der Waals surface area contributed by atoms with Gasteiger partial charge in [-0.15, -0.1) is 11.6 Å². The highest BCUT2D eigenvalue weighted by atomic mass is 35.5. The first kappa shape index (κ1) is 13.8. The molecule has 0 unspecified atom stereocenters. The number of rotatable bonds is 4. The molecular weight excluding hydrogens is 265 g/mol. The summed E-state index contributed by atoms with van der Waals surface area (Å²) >= 11 is 5.83. The Morgan fingerprint density at radius 1 is 1.32 bits per heavy atom. The molecule has 0 saturated heterocycles. The molecule has 2 aromatic rings. The predicted molar refractivity (Wildman–Crippen MR) is 74.4 cm³/mol. The van der Waals surface area contributed by atoms with Gasteiger partial charge >= 0.3 is 0 Å². The number of alkyl halides is 1. The maximum Gasteiger partial charge on any atom is 0.219 e. The Labute approximate surface area is 117 Å². The fraction of sp³-hybridized carbons (Fsp3) is 0.267. The third-order valence-corrected chi connectivity index (χ3v) is 3.11. The Morgan fingerprint density at radius 2 is 2.11 bits per heavy atom. The quantitative estimate of drug-likeness (QED) is 0.762. The van der Waals surface area contributed by atoms with Gasteiger partial charge in [0.2, 0.25) is 5.88 Å². The zero-order chi connectivity index (χ0) is 13.8. The standard InChI is InChI=1S/C15H15ClFNO/c1-3-12-7-11(9-16)8-14(18-12)19-13-6-4-5-10(2)15(13)17/h4-8H,3,9H2,1-2H3. The molecule has 0 bridgehead atoms. The number of nitrogens with zero attached hydrogens (tertiary/aromatic N) is 1. The van der Waals surface area contributed by atoms with E-state index in [1.165, 1.54) is 0 Å². The summed E-state index contributed by atoms with van der Waals surface area (Å²) in [4.78, 5) is 4.32. The van der Waals surface area contributed by atoms with Gasteiger partial charge in [-0.25, -0.2) is 9.37 Å². The van der Waals surface area contributed by atoms with Gasteiger partial charge in [-0.1, -0.05) is 19.1 Å². The number of halogens is 2. The summed E-state index contributed by atoms with van der Waals surface area (Å²) in [6.07, 6.45) is 0.775. The van der Waals surface area contributed by atoms with Crippen LogP contribution in [-0.2, 0) is 12.3 Å². The van der Waals surface area contributed by atoms with E-state index in [1.54, 1.807) is 31.2 Å². The van der Waals surface area contributed by atoms with Crippen LogP contribution in [-0.4, -0.2) is 4.98 Å². The van der Waals surface area contributed by atoms with E-state index in [4.69, 9.17) is 16.3 Å². The molecule has 1 aromatic carbocycles. The van der Waals surface area contributed by atoms with Gasteiger partial charge in [0.1, 0.15) is 0 Å². The van der Waals surface area contributed by atoms with Crippen molar-refractivity contribution in [1.82, 2.24) is 4.98 Å². The maximum absolute atomic E-state index is 13.9. The molecular formula is C15H15ClFNO. The molecule has 19 heavy (non-hydrogen) atoms. The summed E-state index contributed by atoms with van der Waals surface area (Å²) in [5.41, 5.74) is 2.33. The highest BCUT2D eigenvalue weighted by Gasteiger charge is 2.09. The molecule has 100 valence electrons. The first-order valence-electron chi connectivity index (χ1n) is 6.12. The Kier molecular flexibility index (Phi) is 4.38. The molecule has 0 amide bonds. The van der Waals surface area contributed by atoms with E-state index >= 15 is 0 Å². The highest BCUT2D eigenvalue weighted by Crippen LogP contribution is 2.26. The lowest BCUT2D eigenvalue weighted by Crippen LogP contribution is -1.97. The van der Waals surface area contributed by atoms with E-state index in [-0.39, 0.29) is 11.6 Å². The lowest BCUT2D eigenvalue weighted by Gasteiger charge is -2.09. The van der Waals surface area contributed by atoms with Crippen LogP contribution < -0.4 is 4.74 Å². The van der Waals surface area contributed by atoms with Crippen molar-refractivity contribution >= 4 is 11.6 Å². The summed E-state index contributed by atoms with van der Waals surface area (Å²) in [5.74, 6) is 0.571. The predicted octanol–water partition coefficient (Wildman–Crippen LogP) is 4.62. The Bertz CT molecular complexity index is 564. The van der Waals surface area contributed by atoms with Crippen molar-refractivity contribution in [3.63, 3.8) is 0 Å². The van der Waals surface area contributed by atoms with Crippen LogP contribution in [0.25, 0.3) is 0 Å². The Hall–Kier alpha value is -1.61. The van der Waals surface area contributed by atoms with E-state index in [2.05, 4.69) is 4.98 Å². The second-order valence-corrected chi connectivity index (χ2v) is 4.55. The average Bonchev–Trinajstić information content (AvgIpc) is 2.43. The van der Waals surface area contributed by atoms with Crippen molar-refractivity contribution in [2.75, 3.05) is 0 Å².